The van der Waals surface area contributed by atoms with Crippen LogP contribution in [0.1, 0.15) is 5.89 Å². The maximum absolute atomic E-state index is 4.72. The molecule has 0 aromatic carbocycles. The van der Waals surface area contributed by atoms with E-state index >= 15 is 0 Å². The van der Waals surface area contributed by atoms with Crippen LogP contribution in [0.3, 0.4) is 0 Å². The molecule has 0 N–H and O–H groups in total. The predicted octanol–water partition coefficient (Wildman–Crippen LogP) is 0.321. The van der Waals surface area contributed by atoms with Gasteiger partial charge in [0.25, 0.3) is 0 Å². The Hall–Kier alpha value is -0.595. The van der Waals surface area contributed by atoms with Gasteiger partial charge in [-0.15, -0.1) is 0 Å². The zero-order chi connectivity index (χ0) is 4.41. The average Bonchev–Trinajstić information content (AvgIpc) is 1.86. The Morgan fingerprint density at radius 1 is 2.00 bits per heavy atom. The molecule has 6 heavy (non-hydrogen) atoms. The van der Waals surface area contributed by atoms with Gasteiger partial charge in [-0.05, 0) is 0 Å². The van der Waals surface area contributed by atoms with Crippen molar-refractivity contribution in [1.82, 2.24) is 4.98 Å². The summed E-state index contributed by atoms with van der Waals surface area (Å²) in [6, 6.07) is 0. The second-order valence-electron chi connectivity index (χ2n) is 1.05. The third-order valence-corrected chi connectivity index (χ3v) is 0.556. The van der Waals surface area contributed by atoms with Crippen LogP contribution in [0.15, 0.2) is 10.4 Å². The first kappa shape index (κ1) is 3.59. The Morgan fingerprint density at radius 3 is 3.00 bits per heavy atom. The number of aryl methyl sites for hydroxylation is 1. The van der Waals surface area contributed by atoms with Crippen molar-refractivity contribution in [3.05, 3.63) is 12.0 Å². The minimum absolute atomic E-state index is 0.718. The Kier molecular flexibility index (Phi) is 0.745. The van der Waals surface area contributed by atoms with Crippen molar-refractivity contribution >= 4 is 7.13 Å². The van der Waals surface area contributed by atoms with E-state index in [0.29, 0.717) is 0 Å². The van der Waals surface area contributed by atoms with Crippen molar-refractivity contribution < 1.29 is 4.33 Å². The summed E-state index contributed by atoms with van der Waals surface area (Å²) >= 11 is 0. The number of hydrogen-bond donors (Lipinski definition) is 0. The van der Waals surface area contributed by atoms with Gasteiger partial charge in [-0.3, -0.25) is 0 Å². The summed E-state index contributed by atoms with van der Waals surface area (Å²) in [4.78, 5) is 3.75. The van der Waals surface area contributed by atoms with E-state index in [1.807, 2.05) is 0 Å². The Bertz CT molecular complexity index is 114. The van der Waals surface area contributed by atoms with Crippen molar-refractivity contribution in [2.24, 2.45) is 0 Å². The molecule has 1 aromatic heterocycles. The van der Waals surface area contributed by atoms with Crippen molar-refractivity contribution in [3.63, 3.8) is 0 Å². The van der Waals surface area contributed by atoms with Gasteiger partial charge in [-0.25, -0.2) is 0 Å². The molecule has 0 aliphatic rings. The summed E-state index contributed by atoms with van der Waals surface area (Å²) < 4.78 is 4.72. The number of rotatable bonds is 0. The second-order valence-corrected chi connectivity index (χ2v) is 1.05. The molecule has 0 saturated heterocycles. The molecule has 0 aliphatic carbocycles. The van der Waals surface area contributed by atoms with E-state index < -0.39 is 0 Å². The number of nitrogens with zero attached hydrogens (tertiary/aromatic N) is 1. The standard InChI is InChI=1S/C3H4BNO/c1-3-5-2-4-6-3/h2H,1H3. The van der Waals surface area contributed by atoms with E-state index in [-0.39, 0.29) is 0 Å². The van der Waals surface area contributed by atoms with E-state index in [9.17, 15) is 0 Å². The Morgan fingerprint density at radius 2 is 2.83 bits per heavy atom. The van der Waals surface area contributed by atoms with Gasteiger partial charge in [-0.1, -0.05) is 0 Å². The van der Waals surface area contributed by atoms with Crippen molar-refractivity contribution in [2.75, 3.05) is 0 Å². The summed E-state index contributed by atoms with van der Waals surface area (Å²) in [5.41, 5.74) is 0. The van der Waals surface area contributed by atoms with Crippen LogP contribution in [0.2, 0.25) is 0 Å². The molecule has 3 heteroatoms. The van der Waals surface area contributed by atoms with E-state index in [1.165, 1.54) is 0 Å². The fourth-order valence-electron chi connectivity index (χ4n) is 0.295. The Balaban J connectivity index is 3.05. The van der Waals surface area contributed by atoms with Gasteiger partial charge in [0.1, 0.15) is 0 Å². The van der Waals surface area contributed by atoms with Crippen LogP contribution >= 0.6 is 0 Å². The molecule has 1 aromatic rings. The molecular weight excluding hydrogens is 76.9 g/mol. The summed E-state index contributed by atoms with van der Waals surface area (Å²) in [5, 5.41) is 0. The topological polar surface area (TPSA) is 26.0 Å². The van der Waals surface area contributed by atoms with Crippen molar-refractivity contribution in [1.29, 1.82) is 0 Å². The van der Waals surface area contributed by atoms with Gasteiger partial charge >= 0.3 is 35.3 Å². The fourth-order valence-corrected chi connectivity index (χ4v) is 0.295. The Labute approximate surface area is 36.4 Å². The van der Waals surface area contributed by atoms with E-state index in [2.05, 4.69) is 4.98 Å². The van der Waals surface area contributed by atoms with E-state index in [4.69, 9.17) is 4.33 Å². The van der Waals surface area contributed by atoms with Crippen LogP contribution < -0.4 is 0 Å². The van der Waals surface area contributed by atoms with Crippen LogP contribution in [0.5, 0.6) is 0 Å². The molecule has 0 radical (unpaired) electrons. The van der Waals surface area contributed by atoms with Crippen LogP contribution in [0.4, 0.5) is 0 Å². The molecule has 1 heterocycles. The van der Waals surface area contributed by atoms with E-state index in [1.54, 1.807) is 20.1 Å². The first-order valence-electron chi connectivity index (χ1n) is 1.75. The van der Waals surface area contributed by atoms with E-state index in [0.717, 1.165) is 5.89 Å². The van der Waals surface area contributed by atoms with Crippen LogP contribution in [0, 0.1) is 6.92 Å². The third-order valence-electron chi connectivity index (χ3n) is 0.556. The van der Waals surface area contributed by atoms with Gasteiger partial charge in [0.15, 0.2) is 0 Å². The van der Waals surface area contributed by atoms with Crippen molar-refractivity contribution in [3.8, 4) is 0 Å². The molecular formula is C3H4BNO. The number of hydrogen-bond acceptors (Lipinski definition) is 2. The van der Waals surface area contributed by atoms with Gasteiger partial charge in [-0.2, -0.15) is 0 Å². The first-order valence-corrected chi connectivity index (χ1v) is 1.75. The average molecular weight is 80.9 g/mol. The van der Waals surface area contributed by atoms with Crippen molar-refractivity contribution in [2.45, 2.75) is 6.92 Å². The summed E-state index contributed by atoms with van der Waals surface area (Å²) in [6.45, 7) is 1.81. The van der Waals surface area contributed by atoms with Gasteiger partial charge < -0.3 is 0 Å². The summed E-state index contributed by atoms with van der Waals surface area (Å²) in [6.07, 6.45) is 1.62. The molecule has 30 valence electrons. The predicted molar refractivity (Wildman–Crippen MR) is 22.6 cm³/mol. The second kappa shape index (κ2) is 1.24. The fraction of sp³-hybridized carbons (Fsp3) is 0.333. The molecule has 0 atom stereocenters. The molecule has 2 nitrogen and oxygen atoms in total. The summed E-state index contributed by atoms with van der Waals surface area (Å²) in [5.74, 6) is 0.718. The zero-order valence-electron chi connectivity index (χ0n) is 3.51. The molecule has 0 saturated carbocycles. The monoisotopic (exact) mass is 81.0 g/mol. The van der Waals surface area contributed by atoms with Gasteiger partial charge in [0.05, 0.1) is 0 Å². The molecule has 1 rings (SSSR count). The molecule has 0 bridgehead atoms. The van der Waals surface area contributed by atoms with Crippen LogP contribution in [-0.4, -0.2) is 12.1 Å². The SMILES string of the molecule is Cc1ncbo1. The van der Waals surface area contributed by atoms with Crippen LogP contribution in [0.25, 0.3) is 0 Å². The summed E-state index contributed by atoms with van der Waals surface area (Å²) in [7, 11) is 1.55. The molecule has 0 amide bonds. The first-order chi connectivity index (χ1) is 2.89. The van der Waals surface area contributed by atoms with Gasteiger partial charge in [0, 0.05) is 0 Å². The molecule has 0 spiro atoms. The maximum atomic E-state index is 4.72. The van der Waals surface area contributed by atoms with Crippen LogP contribution in [-0.2, 0) is 0 Å². The molecule has 0 unspecified atom stereocenters. The number of aromatic nitrogens is 1. The molecule has 0 aliphatic heterocycles. The quantitative estimate of drug-likeness (QED) is 0.449. The normalized spacial score (nSPS) is 8.17. The minimum atomic E-state index is 0.718. The zero-order valence-corrected chi connectivity index (χ0v) is 3.51. The molecule has 0 fully saturated rings. The third kappa shape index (κ3) is 0.480. The van der Waals surface area contributed by atoms with Gasteiger partial charge in [0.2, 0.25) is 0 Å².